The summed E-state index contributed by atoms with van der Waals surface area (Å²) < 4.78 is 23.8. The molecule has 0 heterocycles. The summed E-state index contributed by atoms with van der Waals surface area (Å²) in [6, 6.07) is 6.05. The summed E-state index contributed by atoms with van der Waals surface area (Å²) in [5.41, 5.74) is 1.72. The van der Waals surface area contributed by atoms with E-state index in [9.17, 15) is 18.0 Å². The molecule has 1 aromatic rings. The molecule has 0 saturated heterocycles. The number of carboxylic acids is 1. The van der Waals surface area contributed by atoms with Crippen LogP contribution in [0.4, 0.5) is 4.79 Å². The van der Waals surface area contributed by atoms with E-state index < -0.39 is 33.1 Å². The average Bonchev–Trinajstić information content (AvgIpc) is 2.48. The Hall–Kier alpha value is -2.09. The van der Waals surface area contributed by atoms with Crippen molar-refractivity contribution in [3.8, 4) is 0 Å². The van der Waals surface area contributed by atoms with Gasteiger partial charge in [0.05, 0.1) is 11.3 Å². The van der Waals surface area contributed by atoms with E-state index in [4.69, 9.17) is 5.11 Å². The fourth-order valence-electron chi connectivity index (χ4n) is 2.13. The molecular weight excluding hydrogens is 332 g/mol. The Morgan fingerprint density at radius 2 is 1.79 bits per heavy atom. The Balaban J connectivity index is 2.81. The van der Waals surface area contributed by atoms with E-state index in [-0.39, 0.29) is 13.0 Å². The maximum atomic E-state index is 12.0. The predicted molar refractivity (Wildman–Crippen MR) is 91.6 cm³/mol. The van der Waals surface area contributed by atoms with Crippen LogP contribution in [-0.2, 0) is 14.6 Å². The molecule has 1 aromatic carbocycles. The van der Waals surface area contributed by atoms with Crippen molar-refractivity contribution in [3.63, 3.8) is 0 Å². The van der Waals surface area contributed by atoms with Crippen LogP contribution in [0.1, 0.15) is 36.9 Å². The van der Waals surface area contributed by atoms with E-state index in [0.29, 0.717) is 12.0 Å². The van der Waals surface area contributed by atoms with Crippen molar-refractivity contribution < 1.29 is 23.1 Å². The molecule has 0 bridgehead atoms. The molecule has 0 fully saturated rings. The van der Waals surface area contributed by atoms with Gasteiger partial charge in [-0.25, -0.2) is 13.2 Å². The molecule has 0 aliphatic carbocycles. The Morgan fingerprint density at radius 3 is 2.29 bits per heavy atom. The summed E-state index contributed by atoms with van der Waals surface area (Å²) in [4.78, 5) is 22.4. The van der Waals surface area contributed by atoms with Crippen molar-refractivity contribution in [2.45, 2.75) is 38.0 Å². The number of benzene rings is 1. The van der Waals surface area contributed by atoms with Gasteiger partial charge in [-0.05, 0) is 25.8 Å². The molecule has 0 aliphatic heterocycles. The SMILES string of the molecule is Cc1ccc(C(NC(=O)NCCCC(=O)O)C(C)S(C)(=O)=O)cc1. The zero-order valence-corrected chi connectivity index (χ0v) is 14.9. The van der Waals surface area contributed by atoms with Gasteiger partial charge in [0.15, 0.2) is 9.84 Å². The first-order valence-corrected chi connectivity index (χ1v) is 9.58. The lowest BCUT2D eigenvalue weighted by Gasteiger charge is -2.24. The monoisotopic (exact) mass is 356 g/mol. The average molecular weight is 356 g/mol. The second kappa shape index (κ2) is 8.68. The molecule has 2 atom stereocenters. The van der Waals surface area contributed by atoms with Crippen LogP contribution in [0, 0.1) is 6.92 Å². The van der Waals surface area contributed by atoms with E-state index in [1.807, 2.05) is 19.1 Å². The fourth-order valence-corrected chi connectivity index (χ4v) is 2.85. The van der Waals surface area contributed by atoms with Gasteiger partial charge in [-0.1, -0.05) is 29.8 Å². The molecule has 0 aromatic heterocycles. The molecule has 134 valence electrons. The number of carboxylic acid groups (broad SMARTS) is 1. The molecular formula is C16H24N2O5S. The first-order valence-electron chi connectivity index (χ1n) is 7.63. The number of aliphatic carboxylic acids is 1. The third kappa shape index (κ3) is 6.57. The normalized spacial score (nSPS) is 13.8. The van der Waals surface area contributed by atoms with E-state index in [1.54, 1.807) is 19.1 Å². The van der Waals surface area contributed by atoms with Crippen LogP contribution in [0.15, 0.2) is 24.3 Å². The van der Waals surface area contributed by atoms with E-state index >= 15 is 0 Å². The Kier molecular flexibility index (Phi) is 7.21. The molecule has 0 radical (unpaired) electrons. The minimum atomic E-state index is -3.36. The fraction of sp³-hybridized carbons (Fsp3) is 0.500. The quantitative estimate of drug-likeness (QED) is 0.613. The van der Waals surface area contributed by atoms with Crippen LogP contribution in [0.25, 0.3) is 0 Å². The standard InChI is InChI=1S/C16H24N2O5S/c1-11-6-8-13(9-7-11)15(12(2)24(3,22)23)18-16(21)17-10-4-5-14(19)20/h6-9,12,15H,4-5,10H2,1-3H3,(H,19,20)(H2,17,18,21). The molecule has 24 heavy (non-hydrogen) atoms. The Bertz CT molecular complexity index is 670. The van der Waals surface area contributed by atoms with E-state index in [0.717, 1.165) is 11.8 Å². The van der Waals surface area contributed by atoms with Crippen LogP contribution in [0.2, 0.25) is 0 Å². The number of hydrogen-bond acceptors (Lipinski definition) is 4. The topological polar surface area (TPSA) is 113 Å². The second-order valence-electron chi connectivity index (χ2n) is 5.82. The van der Waals surface area contributed by atoms with E-state index in [1.165, 1.54) is 0 Å². The number of carbonyl (C=O) groups excluding carboxylic acids is 1. The largest absolute Gasteiger partial charge is 0.481 e. The number of sulfone groups is 1. The number of aryl methyl sites for hydroxylation is 1. The number of nitrogens with one attached hydrogen (secondary N) is 2. The molecule has 0 saturated carbocycles. The number of rotatable bonds is 8. The van der Waals surface area contributed by atoms with Crippen LogP contribution < -0.4 is 10.6 Å². The third-order valence-electron chi connectivity index (χ3n) is 3.72. The zero-order valence-electron chi connectivity index (χ0n) is 14.1. The highest BCUT2D eigenvalue weighted by Crippen LogP contribution is 2.22. The lowest BCUT2D eigenvalue weighted by molar-refractivity contribution is -0.137. The number of amides is 2. The summed E-state index contributed by atoms with van der Waals surface area (Å²) in [6.07, 6.45) is 1.40. The van der Waals surface area contributed by atoms with Gasteiger partial charge in [0.25, 0.3) is 0 Å². The van der Waals surface area contributed by atoms with Crippen molar-refractivity contribution in [2.24, 2.45) is 0 Å². The molecule has 8 heteroatoms. The Morgan fingerprint density at radius 1 is 1.21 bits per heavy atom. The molecule has 2 amide bonds. The van der Waals surface area contributed by atoms with Gasteiger partial charge in [0.2, 0.25) is 0 Å². The van der Waals surface area contributed by atoms with Gasteiger partial charge in [0.1, 0.15) is 0 Å². The summed E-state index contributed by atoms with van der Waals surface area (Å²) in [6.45, 7) is 3.66. The molecule has 0 aliphatic rings. The number of hydrogen-bond donors (Lipinski definition) is 3. The van der Waals surface area contributed by atoms with Gasteiger partial charge in [-0.2, -0.15) is 0 Å². The highest BCUT2D eigenvalue weighted by molar-refractivity contribution is 7.91. The molecule has 1 rings (SSSR count). The maximum Gasteiger partial charge on any atom is 0.315 e. The van der Waals surface area contributed by atoms with Crippen molar-refractivity contribution in [1.82, 2.24) is 10.6 Å². The minimum absolute atomic E-state index is 0.0403. The number of carbonyl (C=O) groups is 2. The van der Waals surface area contributed by atoms with E-state index in [2.05, 4.69) is 10.6 Å². The van der Waals surface area contributed by atoms with Crippen molar-refractivity contribution in [1.29, 1.82) is 0 Å². The van der Waals surface area contributed by atoms with Crippen molar-refractivity contribution in [2.75, 3.05) is 12.8 Å². The molecule has 0 spiro atoms. The van der Waals surface area contributed by atoms with Gasteiger partial charge in [-0.3, -0.25) is 4.79 Å². The lowest BCUT2D eigenvalue weighted by atomic mass is 10.0. The van der Waals surface area contributed by atoms with Gasteiger partial charge >= 0.3 is 12.0 Å². The van der Waals surface area contributed by atoms with Crippen LogP contribution in [0.5, 0.6) is 0 Å². The first kappa shape index (κ1) is 20.0. The number of urea groups is 1. The highest BCUT2D eigenvalue weighted by Gasteiger charge is 2.28. The molecule has 2 unspecified atom stereocenters. The predicted octanol–water partition coefficient (Wildman–Crippen LogP) is 1.63. The van der Waals surface area contributed by atoms with Gasteiger partial charge in [0, 0.05) is 19.2 Å². The Labute approximate surface area is 142 Å². The molecule has 7 nitrogen and oxygen atoms in total. The maximum absolute atomic E-state index is 12.0. The van der Waals surface area contributed by atoms with Gasteiger partial charge < -0.3 is 15.7 Å². The first-order chi connectivity index (χ1) is 11.1. The van der Waals surface area contributed by atoms with Crippen molar-refractivity contribution >= 4 is 21.8 Å². The van der Waals surface area contributed by atoms with Crippen LogP contribution in [-0.4, -0.2) is 43.6 Å². The highest BCUT2D eigenvalue weighted by atomic mass is 32.2. The van der Waals surface area contributed by atoms with Crippen LogP contribution in [0.3, 0.4) is 0 Å². The smallest absolute Gasteiger partial charge is 0.315 e. The third-order valence-corrected chi connectivity index (χ3v) is 5.34. The summed E-state index contributed by atoms with van der Waals surface area (Å²) in [7, 11) is -3.36. The lowest BCUT2D eigenvalue weighted by Crippen LogP contribution is -2.43. The molecule has 3 N–H and O–H groups in total. The second-order valence-corrected chi connectivity index (χ2v) is 8.22. The summed E-state index contributed by atoms with van der Waals surface area (Å²) in [5, 5.41) is 13.0. The minimum Gasteiger partial charge on any atom is -0.481 e. The van der Waals surface area contributed by atoms with Crippen LogP contribution >= 0.6 is 0 Å². The summed E-state index contributed by atoms with van der Waals surface area (Å²) in [5.74, 6) is -0.930. The summed E-state index contributed by atoms with van der Waals surface area (Å²) >= 11 is 0. The van der Waals surface area contributed by atoms with Crippen molar-refractivity contribution in [3.05, 3.63) is 35.4 Å². The van der Waals surface area contributed by atoms with Gasteiger partial charge in [-0.15, -0.1) is 0 Å². The zero-order chi connectivity index (χ0) is 18.3.